The molecular formula is C10H28N2OSi2. The molecule has 0 saturated heterocycles. The third kappa shape index (κ3) is 4.36. The lowest BCUT2D eigenvalue weighted by molar-refractivity contribution is 0.492. The van der Waals surface area contributed by atoms with Gasteiger partial charge in [-0.15, -0.1) is 0 Å². The van der Waals surface area contributed by atoms with Crippen molar-refractivity contribution >= 4 is 16.6 Å². The Balaban J connectivity index is 4.56. The van der Waals surface area contributed by atoms with Gasteiger partial charge in [0.2, 0.25) is 0 Å². The van der Waals surface area contributed by atoms with Gasteiger partial charge >= 0.3 is 0 Å². The summed E-state index contributed by atoms with van der Waals surface area (Å²) >= 11 is 0. The van der Waals surface area contributed by atoms with Gasteiger partial charge < -0.3 is 15.6 Å². The Kier molecular flexibility index (Phi) is 5.70. The highest BCUT2D eigenvalue weighted by Gasteiger charge is 2.39. The van der Waals surface area contributed by atoms with Gasteiger partial charge in [-0.1, -0.05) is 13.8 Å². The van der Waals surface area contributed by atoms with Crippen molar-refractivity contribution in [2.45, 2.75) is 64.2 Å². The smallest absolute Gasteiger partial charge is 0.190 e. The largest absolute Gasteiger partial charge is 0.453 e. The monoisotopic (exact) mass is 248 g/mol. The van der Waals surface area contributed by atoms with E-state index >= 15 is 0 Å². The molecule has 0 aromatic rings. The van der Waals surface area contributed by atoms with Gasteiger partial charge in [0.25, 0.3) is 0 Å². The minimum absolute atomic E-state index is 0.216. The molecule has 92 valence electrons. The van der Waals surface area contributed by atoms with Crippen LogP contribution in [0.2, 0.25) is 26.2 Å². The van der Waals surface area contributed by atoms with Crippen molar-refractivity contribution in [2.24, 2.45) is 11.5 Å². The van der Waals surface area contributed by atoms with Crippen LogP contribution in [0.3, 0.4) is 0 Å². The maximum atomic E-state index is 6.36. The minimum Gasteiger partial charge on any atom is -0.453 e. The highest BCUT2D eigenvalue weighted by Crippen LogP contribution is 2.21. The number of hydrogen-bond donors (Lipinski definition) is 2. The third-order valence-electron chi connectivity index (χ3n) is 3.19. The maximum Gasteiger partial charge on any atom is 0.190 e. The maximum absolute atomic E-state index is 6.36. The van der Waals surface area contributed by atoms with E-state index in [2.05, 4.69) is 40.0 Å². The van der Waals surface area contributed by atoms with Crippen LogP contribution in [0.4, 0.5) is 0 Å². The zero-order chi connectivity index (χ0) is 12.3. The zero-order valence-corrected chi connectivity index (χ0v) is 13.1. The van der Waals surface area contributed by atoms with Crippen molar-refractivity contribution < 1.29 is 4.12 Å². The van der Waals surface area contributed by atoms with E-state index in [4.69, 9.17) is 15.6 Å². The molecule has 0 spiro atoms. The van der Waals surface area contributed by atoms with Crippen molar-refractivity contribution in [3.8, 4) is 0 Å². The highest BCUT2D eigenvalue weighted by atomic mass is 28.4. The summed E-state index contributed by atoms with van der Waals surface area (Å²) < 4.78 is 6.36. The molecule has 2 unspecified atom stereocenters. The van der Waals surface area contributed by atoms with Crippen molar-refractivity contribution in [3.63, 3.8) is 0 Å². The molecule has 0 aliphatic rings. The van der Waals surface area contributed by atoms with Crippen LogP contribution in [0.1, 0.15) is 26.7 Å². The Morgan fingerprint density at radius 3 is 1.33 bits per heavy atom. The molecule has 0 radical (unpaired) electrons. The first kappa shape index (κ1) is 15.3. The molecule has 0 heterocycles. The van der Waals surface area contributed by atoms with E-state index in [-0.39, 0.29) is 11.3 Å². The summed E-state index contributed by atoms with van der Waals surface area (Å²) in [5, 5.41) is 0. The normalized spacial score (nSPS) is 17.6. The predicted molar refractivity (Wildman–Crippen MR) is 72.6 cm³/mol. The molecule has 15 heavy (non-hydrogen) atoms. The molecular weight excluding hydrogens is 220 g/mol. The number of nitrogens with two attached hydrogens (primary N) is 2. The van der Waals surface area contributed by atoms with Crippen LogP contribution in [0.5, 0.6) is 0 Å². The fourth-order valence-electron chi connectivity index (χ4n) is 1.81. The Morgan fingerprint density at radius 2 is 1.13 bits per heavy atom. The van der Waals surface area contributed by atoms with Gasteiger partial charge in [-0.05, 0) is 39.0 Å². The van der Waals surface area contributed by atoms with Crippen LogP contribution in [0.15, 0.2) is 0 Å². The minimum atomic E-state index is -1.76. The fourth-order valence-corrected chi connectivity index (χ4v) is 10.4. The summed E-state index contributed by atoms with van der Waals surface area (Å²) in [7, 11) is -3.52. The summed E-state index contributed by atoms with van der Waals surface area (Å²) in [5.41, 5.74) is 12.7. The quantitative estimate of drug-likeness (QED) is 0.707. The van der Waals surface area contributed by atoms with E-state index in [1.165, 1.54) is 0 Å². The third-order valence-corrected chi connectivity index (χ3v) is 11.8. The molecule has 0 aromatic carbocycles. The summed E-state index contributed by atoms with van der Waals surface area (Å²) in [4.78, 5) is 0. The molecule has 0 amide bonds. The molecule has 0 rings (SSSR count). The van der Waals surface area contributed by atoms with Crippen molar-refractivity contribution in [2.75, 3.05) is 0 Å². The SMILES string of the molecule is CCC(N)[Si](C)(C)O[Si](C)(C)C(N)CC. The molecule has 3 nitrogen and oxygen atoms in total. The van der Waals surface area contributed by atoms with Crippen LogP contribution in [-0.4, -0.2) is 28.0 Å². The zero-order valence-electron chi connectivity index (χ0n) is 11.1. The molecule has 0 aliphatic carbocycles. The lowest BCUT2D eigenvalue weighted by Crippen LogP contribution is -2.61. The van der Waals surface area contributed by atoms with Crippen LogP contribution >= 0.6 is 0 Å². The van der Waals surface area contributed by atoms with Crippen molar-refractivity contribution in [1.29, 1.82) is 0 Å². The highest BCUT2D eigenvalue weighted by molar-refractivity contribution is 6.86. The van der Waals surface area contributed by atoms with E-state index in [0.29, 0.717) is 0 Å². The van der Waals surface area contributed by atoms with Gasteiger partial charge in [-0.25, -0.2) is 0 Å². The molecule has 0 bridgehead atoms. The molecule has 0 aliphatic heterocycles. The Morgan fingerprint density at radius 1 is 0.867 bits per heavy atom. The standard InChI is InChI=1S/C10H28N2OSi2/c1-7-9(11)14(3,4)13-15(5,6)10(12)8-2/h9-10H,7-8,11-12H2,1-6H3. The summed E-state index contributed by atoms with van der Waals surface area (Å²) in [6, 6.07) is 0. The first-order valence-corrected chi connectivity index (χ1v) is 11.9. The number of rotatable bonds is 6. The lowest BCUT2D eigenvalue weighted by atomic mass is 10.5. The van der Waals surface area contributed by atoms with E-state index in [1.54, 1.807) is 0 Å². The number of hydrogen-bond acceptors (Lipinski definition) is 3. The first-order chi connectivity index (χ1) is 6.67. The van der Waals surface area contributed by atoms with Gasteiger partial charge in [0.15, 0.2) is 16.6 Å². The average molecular weight is 249 g/mol. The van der Waals surface area contributed by atoms with Crippen LogP contribution in [-0.2, 0) is 4.12 Å². The summed E-state index contributed by atoms with van der Waals surface area (Å²) in [5.74, 6) is 0. The summed E-state index contributed by atoms with van der Waals surface area (Å²) in [6.45, 7) is 13.1. The lowest BCUT2D eigenvalue weighted by Gasteiger charge is -2.39. The second kappa shape index (κ2) is 5.59. The molecule has 0 aromatic heterocycles. The van der Waals surface area contributed by atoms with Crippen LogP contribution in [0, 0.1) is 0 Å². The fraction of sp³-hybridized carbons (Fsp3) is 1.00. The van der Waals surface area contributed by atoms with Gasteiger partial charge in [0.1, 0.15) is 0 Å². The molecule has 4 N–H and O–H groups in total. The van der Waals surface area contributed by atoms with Crippen molar-refractivity contribution in [1.82, 2.24) is 0 Å². The van der Waals surface area contributed by atoms with Gasteiger partial charge in [-0.2, -0.15) is 0 Å². The average Bonchev–Trinajstić information content (AvgIpc) is 2.13. The van der Waals surface area contributed by atoms with Gasteiger partial charge in [0, 0.05) is 11.3 Å². The molecule has 5 heteroatoms. The van der Waals surface area contributed by atoms with Crippen LogP contribution in [0.25, 0.3) is 0 Å². The van der Waals surface area contributed by atoms with Gasteiger partial charge in [-0.3, -0.25) is 0 Å². The second-order valence-electron chi connectivity index (χ2n) is 5.34. The topological polar surface area (TPSA) is 61.3 Å². The second-order valence-corrected chi connectivity index (χ2v) is 14.1. The summed E-state index contributed by atoms with van der Waals surface area (Å²) in [6.07, 6.45) is 1.98. The van der Waals surface area contributed by atoms with E-state index in [9.17, 15) is 0 Å². The van der Waals surface area contributed by atoms with Crippen molar-refractivity contribution in [3.05, 3.63) is 0 Å². The van der Waals surface area contributed by atoms with E-state index in [0.717, 1.165) is 12.8 Å². The molecule has 0 saturated carbocycles. The molecule has 2 atom stereocenters. The van der Waals surface area contributed by atoms with Crippen LogP contribution < -0.4 is 11.5 Å². The van der Waals surface area contributed by atoms with Gasteiger partial charge in [0.05, 0.1) is 0 Å². The first-order valence-electron chi connectivity index (χ1n) is 5.88. The molecule has 0 fully saturated rings. The van der Waals surface area contributed by atoms with E-state index < -0.39 is 16.6 Å². The predicted octanol–water partition coefficient (Wildman–Crippen LogP) is 1.97. The Hall–Kier alpha value is 0.314. The van der Waals surface area contributed by atoms with E-state index in [1.807, 2.05) is 0 Å². The Bertz CT molecular complexity index is 178. The Labute approximate surface area is 96.8 Å².